The minimum atomic E-state index is -0.575. The van der Waals surface area contributed by atoms with Gasteiger partial charge in [0.05, 0.1) is 13.0 Å². The van der Waals surface area contributed by atoms with E-state index in [4.69, 9.17) is 16.3 Å². The van der Waals surface area contributed by atoms with Gasteiger partial charge in [0, 0.05) is 18.5 Å². The van der Waals surface area contributed by atoms with Gasteiger partial charge in [0.1, 0.15) is 22.6 Å². The zero-order chi connectivity index (χ0) is 17.1. The second kappa shape index (κ2) is 7.13. The molecule has 0 aliphatic heterocycles. The average molecular weight is 350 g/mol. The molecular weight excluding hydrogens is 333 g/mol. The lowest BCUT2D eigenvalue weighted by atomic mass is 9.99. The van der Waals surface area contributed by atoms with Crippen LogP contribution in [0.4, 0.5) is 10.2 Å². The summed E-state index contributed by atoms with van der Waals surface area (Å²) in [6.45, 7) is 0.260. The molecule has 1 aromatic heterocycles. The normalized spacial score (nSPS) is 15.0. The molecule has 0 saturated heterocycles. The summed E-state index contributed by atoms with van der Waals surface area (Å²) in [4.78, 5) is 20.7. The van der Waals surface area contributed by atoms with Gasteiger partial charge in [-0.1, -0.05) is 23.7 Å². The summed E-state index contributed by atoms with van der Waals surface area (Å²) < 4.78 is 17.9. The monoisotopic (exact) mass is 349 g/mol. The molecule has 3 rings (SSSR count). The number of carbonyl (C=O) groups excluding carboxylic acids is 1. The van der Waals surface area contributed by atoms with Crippen molar-refractivity contribution in [2.45, 2.75) is 24.7 Å². The first-order valence-corrected chi connectivity index (χ1v) is 8.06. The first-order valence-electron chi connectivity index (χ1n) is 7.68. The van der Waals surface area contributed by atoms with Crippen LogP contribution < -0.4 is 5.32 Å². The maximum absolute atomic E-state index is 13.1. The van der Waals surface area contributed by atoms with Gasteiger partial charge in [0.15, 0.2) is 0 Å². The highest BCUT2D eigenvalue weighted by atomic mass is 35.5. The number of hydrogen-bond donors (Lipinski definition) is 1. The van der Waals surface area contributed by atoms with Crippen LogP contribution in [0.3, 0.4) is 0 Å². The quantitative estimate of drug-likeness (QED) is 0.638. The maximum atomic E-state index is 13.1. The molecule has 1 atom stereocenters. The van der Waals surface area contributed by atoms with Gasteiger partial charge in [-0.15, -0.1) is 0 Å². The van der Waals surface area contributed by atoms with Gasteiger partial charge in [0.2, 0.25) is 0 Å². The largest absolute Gasteiger partial charge is 0.468 e. The Kier molecular flexibility index (Phi) is 4.94. The van der Waals surface area contributed by atoms with Gasteiger partial charge in [-0.2, -0.15) is 0 Å². The van der Waals surface area contributed by atoms with Crippen LogP contribution in [-0.4, -0.2) is 29.6 Å². The second-order valence-corrected chi connectivity index (χ2v) is 6.10. The molecule has 1 saturated carbocycles. The van der Waals surface area contributed by atoms with Crippen LogP contribution >= 0.6 is 11.6 Å². The Morgan fingerprint density at radius 2 is 2.08 bits per heavy atom. The predicted octanol–water partition coefficient (Wildman–Crippen LogP) is 3.52. The van der Waals surface area contributed by atoms with E-state index in [2.05, 4.69) is 15.3 Å². The summed E-state index contributed by atoms with van der Waals surface area (Å²) in [6.07, 6.45) is 2.14. The van der Waals surface area contributed by atoms with Crippen molar-refractivity contribution in [2.24, 2.45) is 0 Å². The van der Waals surface area contributed by atoms with E-state index in [-0.39, 0.29) is 12.4 Å². The lowest BCUT2D eigenvalue weighted by Gasteiger charge is -2.16. The van der Waals surface area contributed by atoms with E-state index in [1.54, 1.807) is 18.2 Å². The van der Waals surface area contributed by atoms with Crippen molar-refractivity contribution < 1.29 is 13.9 Å². The summed E-state index contributed by atoms with van der Waals surface area (Å²) in [7, 11) is 1.33. The number of hydrogen-bond acceptors (Lipinski definition) is 5. The lowest BCUT2D eigenvalue weighted by molar-refractivity contribution is -0.142. The van der Waals surface area contributed by atoms with Crippen LogP contribution in [0.25, 0.3) is 0 Å². The van der Waals surface area contributed by atoms with Gasteiger partial charge >= 0.3 is 5.97 Å². The van der Waals surface area contributed by atoms with Crippen molar-refractivity contribution >= 4 is 23.4 Å². The molecule has 0 radical (unpaired) electrons. The predicted molar refractivity (Wildman–Crippen MR) is 88.7 cm³/mol. The highest BCUT2D eigenvalue weighted by Crippen LogP contribution is 2.38. The number of halogens is 2. The highest BCUT2D eigenvalue weighted by Gasteiger charge is 2.27. The zero-order valence-electron chi connectivity index (χ0n) is 13.1. The molecule has 1 N–H and O–H groups in total. The standard InChI is InChI=1S/C17H17ClFN3O2/c1-24-17(23)13(10-4-6-12(19)7-5-10)9-20-15-8-14(18)21-16(22-15)11-2-3-11/h4-8,11,13H,2-3,9H2,1H3,(H,20,21,22). The van der Waals surface area contributed by atoms with E-state index in [0.29, 0.717) is 22.5 Å². The molecule has 0 spiro atoms. The molecule has 1 aliphatic carbocycles. The van der Waals surface area contributed by atoms with Gasteiger partial charge in [-0.25, -0.2) is 14.4 Å². The number of esters is 1. The molecule has 1 heterocycles. The van der Waals surface area contributed by atoms with Crippen LogP contribution in [0, 0.1) is 5.82 Å². The Balaban J connectivity index is 1.76. The fraction of sp³-hybridized carbons (Fsp3) is 0.353. The van der Waals surface area contributed by atoms with Crippen molar-refractivity contribution in [1.82, 2.24) is 9.97 Å². The van der Waals surface area contributed by atoms with Gasteiger partial charge in [0.25, 0.3) is 0 Å². The Hall–Kier alpha value is -2.21. The van der Waals surface area contributed by atoms with Gasteiger partial charge in [-0.05, 0) is 30.5 Å². The first-order chi connectivity index (χ1) is 11.6. The van der Waals surface area contributed by atoms with E-state index in [0.717, 1.165) is 18.7 Å². The molecule has 1 aromatic carbocycles. The summed E-state index contributed by atoms with van der Waals surface area (Å²) >= 11 is 6.04. The van der Waals surface area contributed by atoms with E-state index < -0.39 is 11.9 Å². The minimum Gasteiger partial charge on any atom is -0.468 e. The third kappa shape index (κ3) is 4.00. The van der Waals surface area contributed by atoms with Crippen molar-refractivity contribution in [2.75, 3.05) is 19.0 Å². The number of carbonyl (C=O) groups is 1. The Morgan fingerprint density at radius 1 is 1.38 bits per heavy atom. The molecule has 5 nitrogen and oxygen atoms in total. The number of benzene rings is 1. The van der Waals surface area contributed by atoms with E-state index >= 15 is 0 Å². The van der Waals surface area contributed by atoms with Crippen molar-refractivity contribution in [3.05, 3.63) is 52.7 Å². The summed E-state index contributed by atoms with van der Waals surface area (Å²) in [5.41, 5.74) is 0.665. The van der Waals surface area contributed by atoms with E-state index in [9.17, 15) is 9.18 Å². The highest BCUT2D eigenvalue weighted by molar-refractivity contribution is 6.29. The summed E-state index contributed by atoms with van der Waals surface area (Å²) in [5, 5.41) is 3.47. The van der Waals surface area contributed by atoms with Crippen LogP contribution in [0.15, 0.2) is 30.3 Å². The second-order valence-electron chi connectivity index (χ2n) is 5.72. The Bertz CT molecular complexity index is 735. The van der Waals surface area contributed by atoms with Crippen LogP contribution in [0.5, 0.6) is 0 Å². The number of anilines is 1. The SMILES string of the molecule is COC(=O)C(CNc1cc(Cl)nc(C2CC2)n1)c1ccc(F)cc1. The van der Waals surface area contributed by atoms with Crippen LogP contribution in [-0.2, 0) is 9.53 Å². The minimum absolute atomic E-state index is 0.260. The number of nitrogens with one attached hydrogen (secondary N) is 1. The van der Waals surface area contributed by atoms with Crippen molar-refractivity contribution in [3.8, 4) is 0 Å². The number of rotatable bonds is 6. The first kappa shape index (κ1) is 16.6. The molecule has 0 amide bonds. The lowest BCUT2D eigenvalue weighted by Crippen LogP contribution is -2.23. The van der Waals surface area contributed by atoms with Gasteiger partial charge in [-0.3, -0.25) is 4.79 Å². The fourth-order valence-electron chi connectivity index (χ4n) is 2.43. The molecule has 24 heavy (non-hydrogen) atoms. The van der Waals surface area contributed by atoms with Crippen LogP contribution in [0.2, 0.25) is 5.15 Å². The van der Waals surface area contributed by atoms with E-state index in [1.807, 2.05) is 0 Å². The van der Waals surface area contributed by atoms with Gasteiger partial charge < -0.3 is 10.1 Å². The molecule has 126 valence electrons. The molecule has 1 fully saturated rings. The third-order valence-electron chi connectivity index (χ3n) is 3.90. The summed E-state index contributed by atoms with van der Waals surface area (Å²) in [5.74, 6) is 0.324. The van der Waals surface area contributed by atoms with Crippen LogP contribution in [0.1, 0.15) is 36.1 Å². The molecule has 1 aliphatic rings. The Labute approximate surface area is 144 Å². The molecule has 0 bridgehead atoms. The number of methoxy groups -OCH3 is 1. The smallest absolute Gasteiger partial charge is 0.314 e. The number of aromatic nitrogens is 2. The number of nitrogens with zero attached hydrogens (tertiary/aromatic N) is 2. The van der Waals surface area contributed by atoms with Crippen molar-refractivity contribution in [3.63, 3.8) is 0 Å². The Morgan fingerprint density at radius 3 is 2.71 bits per heavy atom. The molecule has 7 heteroatoms. The zero-order valence-corrected chi connectivity index (χ0v) is 13.9. The average Bonchev–Trinajstić information content (AvgIpc) is 3.41. The fourth-order valence-corrected chi connectivity index (χ4v) is 2.62. The van der Waals surface area contributed by atoms with Crippen molar-refractivity contribution in [1.29, 1.82) is 0 Å². The number of ether oxygens (including phenoxy) is 1. The molecular formula is C17H17ClFN3O2. The maximum Gasteiger partial charge on any atom is 0.314 e. The van der Waals surface area contributed by atoms with E-state index in [1.165, 1.54) is 19.2 Å². The molecule has 2 aromatic rings. The summed E-state index contributed by atoms with van der Waals surface area (Å²) in [6, 6.07) is 7.39. The molecule has 1 unspecified atom stereocenters. The third-order valence-corrected chi connectivity index (χ3v) is 4.09. The topological polar surface area (TPSA) is 64.1 Å².